The van der Waals surface area contributed by atoms with E-state index in [9.17, 15) is 5.11 Å². The van der Waals surface area contributed by atoms with E-state index in [0.717, 1.165) is 6.42 Å². The number of rotatable bonds is 1. The van der Waals surface area contributed by atoms with Gasteiger partial charge in [-0.1, -0.05) is 27.7 Å². The molecule has 0 amide bonds. The third-order valence-corrected chi connectivity index (χ3v) is 4.06. The molecule has 0 bridgehead atoms. The van der Waals surface area contributed by atoms with Gasteiger partial charge < -0.3 is 5.11 Å². The lowest BCUT2D eigenvalue weighted by atomic mass is 9.69. The summed E-state index contributed by atoms with van der Waals surface area (Å²) in [7, 11) is 0. The molecule has 1 aliphatic carbocycles. The minimum atomic E-state index is -0.456. The Morgan fingerprint density at radius 3 is 1.92 bits per heavy atom. The van der Waals surface area contributed by atoms with Gasteiger partial charge in [-0.15, -0.1) is 0 Å². The van der Waals surface area contributed by atoms with Crippen molar-refractivity contribution in [3.8, 4) is 0 Å². The van der Waals surface area contributed by atoms with Gasteiger partial charge >= 0.3 is 0 Å². The van der Waals surface area contributed by atoms with Crippen molar-refractivity contribution in [1.82, 2.24) is 0 Å². The summed E-state index contributed by atoms with van der Waals surface area (Å²) in [6.07, 6.45) is 2.14. The lowest BCUT2D eigenvalue weighted by molar-refractivity contribution is -0.0495. The molecule has 12 heavy (non-hydrogen) atoms. The zero-order valence-electron chi connectivity index (χ0n) is 9.02. The summed E-state index contributed by atoms with van der Waals surface area (Å²) in [4.78, 5) is 0. The monoisotopic (exact) mass is 170 g/mol. The molecule has 72 valence electrons. The fourth-order valence-corrected chi connectivity index (χ4v) is 2.69. The second-order valence-corrected chi connectivity index (χ2v) is 5.38. The highest BCUT2D eigenvalue weighted by molar-refractivity contribution is 5.01. The molecule has 0 radical (unpaired) electrons. The molecular weight excluding hydrogens is 148 g/mol. The SMILES string of the molecule is CC(C)C1CC[C@@](C)(O)C1(C)C. The molecular formula is C11H22O. The number of hydrogen-bond acceptors (Lipinski definition) is 1. The van der Waals surface area contributed by atoms with Crippen molar-refractivity contribution < 1.29 is 5.11 Å². The molecule has 0 heterocycles. The Morgan fingerprint density at radius 1 is 1.25 bits per heavy atom. The summed E-state index contributed by atoms with van der Waals surface area (Å²) in [5.41, 5.74) is -0.372. The van der Waals surface area contributed by atoms with Crippen LogP contribution in [0.2, 0.25) is 0 Å². The quantitative estimate of drug-likeness (QED) is 0.641. The normalized spacial score (nSPS) is 40.8. The van der Waals surface area contributed by atoms with E-state index in [1.165, 1.54) is 6.42 Å². The molecule has 1 aliphatic rings. The molecule has 1 saturated carbocycles. The van der Waals surface area contributed by atoms with Crippen LogP contribution < -0.4 is 0 Å². The Kier molecular flexibility index (Phi) is 2.28. The van der Waals surface area contributed by atoms with Crippen molar-refractivity contribution in [2.75, 3.05) is 0 Å². The van der Waals surface area contributed by atoms with Crippen LogP contribution in [0.3, 0.4) is 0 Å². The fourth-order valence-electron chi connectivity index (χ4n) is 2.69. The first-order valence-corrected chi connectivity index (χ1v) is 5.01. The minimum absolute atomic E-state index is 0.0845. The first-order valence-electron chi connectivity index (χ1n) is 5.01. The van der Waals surface area contributed by atoms with Crippen molar-refractivity contribution in [2.24, 2.45) is 17.3 Å². The number of aliphatic hydroxyl groups is 1. The van der Waals surface area contributed by atoms with Crippen LogP contribution >= 0.6 is 0 Å². The summed E-state index contributed by atoms with van der Waals surface area (Å²) in [5, 5.41) is 10.1. The van der Waals surface area contributed by atoms with Crippen molar-refractivity contribution >= 4 is 0 Å². The van der Waals surface area contributed by atoms with Crippen LogP contribution in [0.1, 0.15) is 47.5 Å². The van der Waals surface area contributed by atoms with Gasteiger partial charge in [0, 0.05) is 0 Å². The third kappa shape index (κ3) is 1.28. The van der Waals surface area contributed by atoms with E-state index in [-0.39, 0.29) is 5.41 Å². The third-order valence-electron chi connectivity index (χ3n) is 4.06. The molecule has 0 aromatic carbocycles. The Bertz CT molecular complexity index is 168. The van der Waals surface area contributed by atoms with Gasteiger partial charge in [-0.2, -0.15) is 0 Å². The van der Waals surface area contributed by atoms with Crippen LogP contribution in [0.25, 0.3) is 0 Å². The molecule has 1 rings (SSSR count). The van der Waals surface area contributed by atoms with Gasteiger partial charge in [0.1, 0.15) is 0 Å². The van der Waals surface area contributed by atoms with E-state index in [1.807, 2.05) is 6.92 Å². The van der Waals surface area contributed by atoms with Crippen LogP contribution in [-0.2, 0) is 0 Å². The maximum atomic E-state index is 10.1. The molecule has 0 saturated heterocycles. The fraction of sp³-hybridized carbons (Fsp3) is 1.00. The molecule has 2 atom stereocenters. The van der Waals surface area contributed by atoms with Crippen LogP contribution in [0.4, 0.5) is 0 Å². The zero-order chi connectivity index (χ0) is 9.57. The van der Waals surface area contributed by atoms with Crippen LogP contribution in [0.5, 0.6) is 0 Å². The largest absolute Gasteiger partial charge is 0.390 e. The summed E-state index contributed by atoms with van der Waals surface area (Å²) in [6.45, 7) is 10.9. The first-order chi connectivity index (χ1) is 5.29. The van der Waals surface area contributed by atoms with Crippen LogP contribution in [-0.4, -0.2) is 10.7 Å². The van der Waals surface area contributed by atoms with Gasteiger partial charge in [-0.3, -0.25) is 0 Å². The smallest absolute Gasteiger partial charge is 0.0673 e. The second-order valence-electron chi connectivity index (χ2n) is 5.38. The lowest BCUT2D eigenvalue weighted by Crippen LogP contribution is -2.41. The average molecular weight is 170 g/mol. The van der Waals surface area contributed by atoms with E-state index < -0.39 is 5.60 Å². The predicted octanol–water partition coefficient (Wildman–Crippen LogP) is 2.83. The second kappa shape index (κ2) is 2.73. The minimum Gasteiger partial charge on any atom is -0.390 e. The summed E-state index contributed by atoms with van der Waals surface area (Å²) in [6, 6.07) is 0. The van der Waals surface area contributed by atoms with Crippen molar-refractivity contribution in [3.05, 3.63) is 0 Å². The highest BCUT2D eigenvalue weighted by atomic mass is 16.3. The molecule has 1 heteroatoms. The maximum Gasteiger partial charge on any atom is 0.0673 e. The van der Waals surface area contributed by atoms with Gasteiger partial charge in [0.2, 0.25) is 0 Å². The Morgan fingerprint density at radius 2 is 1.75 bits per heavy atom. The molecule has 0 aliphatic heterocycles. The highest BCUT2D eigenvalue weighted by Crippen LogP contribution is 2.52. The summed E-state index contributed by atoms with van der Waals surface area (Å²) < 4.78 is 0. The Balaban J connectivity index is 2.85. The van der Waals surface area contributed by atoms with Gasteiger partial charge in [0.05, 0.1) is 5.60 Å². The number of hydrogen-bond donors (Lipinski definition) is 1. The molecule has 1 unspecified atom stereocenters. The first kappa shape index (κ1) is 10.0. The van der Waals surface area contributed by atoms with Crippen LogP contribution in [0, 0.1) is 17.3 Å². The van der Waals surface area contributed by atoms with Crippen molar-refractivity contribution in [3.63, 3.8) is 0 Å². The Hall–Kier alpha value is -0.0400. The van der Waals surface area contributed by atoms with E-state index in [4.69, 9.17) is 0 Å². The summed E-state index contributed by atoms with van der Waals surface area (Å²) >= 11 is 0. The van der Waals surface area contributed by atoms with Gasteiger partial charge in [-0.25, -0.2) is 0 Å². The standard InChI is InChI=1S/C11H22O/c1-8(2)9-6-7-11(5,12)10(9,3)4/h8-9,12H,6-7H2,1-5H3/t9?,11-/m1/s1. The van der Waals surface area contributed by atoms with Gasteiger partial charge in [0.15, 0.2) is 0 Å². The molecule has 1 nitrogen and oxygen atoms in total. The molecule has 0 aromatic rings. The van der Waals surface area contributed by atoms with Crippen LogP contribution in [0.15, 0.2) is 0 Å². The maximum absolute atomic E-state index is 10.1. The van der Waals surface area contributed by atoms with Gasteiger partial charge in [0.25, 0.3) is 0 Å². The van der Waals surface area contributed by atoms with E-state index in [0.29, 0.717) is 11.8 Å². The predicted molar refractivity (Wildman–Crippen MR) is 52.0 cm³/mol. The highest BCUT2D eigenvalue weighted by Gasteiger charge is 2.51. The lowest BCUT2D eigenvalue weighted by Gasteiger charge is -2.39. The van der Waals surface area contributed by atoms with E-state index in [2.05, 4.69) is 27.7 Å². The van der Waals surface area contributed by atoms with Gasteiger partial charge in [-0.05, 0) is 37.0 Å². The van der Waals surface area contributed by atoms with E-state index >= 15 is 0 Å². The molecule has 0 aromatic heterocycles. The molecule has 0 spiro atoms. The van der Waals surface area contributed by atoms with Crippen molar-refractivity contribution in [2.45, 2.75) is 53.1 Å². The molecule has 1 fully saturated rings. The Labute approximate surface area is 76.2 Å². The summed E-state index contributed by atoms with van der Waals surface area (Å²) in [5.74, 6) is 1.36. The van der Waals surface area contributed by atoms with E-state index in [1.54, 1.807) is 0 Å². The van der Waals surface area contributed by atoms with Crippen molar-refractivity contribution in [1.29, 1.82) is 0 Å². The zero-order valence-corrected chi connectivity index (χ0v) is 9.02. The topological polar surface area (TPSA) is 20.2 Å². The average Bonchev–Trinajstić information content (AvgIpc) is 2.03. The molecule has 1 N–H and O–H groups in total.